The maximum Gasteiger partial charge on any atom is 0.336 e. The first-order valence-corrected chi connectivity index (χ1v) is 6.76. The molecule has 114 valence electrons. The van der Waals surface area contributed by atoms with Crippen molar-refractivity contribution in [1.29, 1.82) is 0 Å². The number of benzene rings is 2. The number of methoxy groups -OCH3 is 1. The van der Waals surface area contributed by atoms with Crippen molar-refractivity contribution in [2.24, 2.45) is 5.73 Å². The minimum atomic E-state index is -0.532. The van der Waals surface area contributed by atoms with Crippen molar-refractivity contribution in [1.82, 2.24) is 0 Å². The first-order chi connectivity index (χ1) is 10.5. The van der Waals surface area contributed by atoms with E-state index in [-0.39, 0.29) is 0 Å². The summed E-state index contributed by atoms with van der Waals surface area (Å²) in [5.74, 6) is 0.0115. The minimum Gasteiger partial charge on any atom is -0.495 e. The van der Waals surface area contributed by atoms with Crippen molar-refractivity contribution in [2.45, 2.75) is 0 Å². The fourth-order valence-corrected chi connectivity index (χ4v) is 1.98. The third kappa shape index (κ3) is 3.50. The monoisotopic (exact) mass is 317 g/mol. The summed E-state index contributed by atoms with van der Waals surface area (Å²) in [5.41, 5.74) is 6.56. The number of hydrogen-bond acceptors (Lipinski definition) is 4. The number of urea groups is 1. The number of carbonyl (C=O) groups excluding carboxylic acids is 2. The molecular formula is C15H15N3O3S. The lowest BCUT2D eigenvalue weighted by Gasteiger charge is -2.17. The average molecular weight is 317 g/mol. The molecule has 2 aromatic rings. The Balaban J connectivity index is 2.13. The van der Waals surface area contributed by atoms with Crippen LogP contribution < -0.4 is 20.1 Å². The SMILES string of the molecule is COc1ccccc1NC(=O)N(S)c1ccc(C(N)=O)cc1. The summed E-state index contributed by atoms with van der Waals surface area (Å²) in [6.07, 6.45) is 0. The van der Waals surface area contributed by atoms with E-state index in [1.54, 1.807) is 36.4 Å². The predicted octanol–water partition coefficient (Wildman–Crippen LogP) is 2.68. The second-order valence-electron chi connectivity index (χ2n) is 4.35. The van der Waals surface area contributed by atoms with Crippen molar-refractivity contribution in [3.63, 3.8) is 0 Å². The van der Waals surface area contributed by atoms with Crippen LogP contribution in [0.2, 0.25) is 0 Å². The number of carbonyl (C=O) groups is 2. The highest BCUT2D eigenvalue weighted by atomic mass is 32.1. The molecule has 3 N–H and O–H groups in total. The summed E-state index contributed by atoms with van der Waals surface area (Å²) < 4.78 is 6.29. The van der Waals surface area contributed by atoms with E-state index < -0.39 is 11.9 Å². The Labute approximate surface area is 133 Å². The van der Waals surface area contributed by atoms with Gasteiger partial charge in [-0.05, 0) is 36.4 Å². The van der Waals surface area contributed by atoms with Gasteiger partial charge in [-0.15, -0.1) is 0 Å². The Morgan fingerprint density at radius 3 is 2.36 bits per heavy atom. The number of amides is 3. The molecule has 0 saturated heterocycles. The molecule has 0 unspecified atom stereocenters. The minimum absolute atomic E-state index is 0.357. The number of para-hydroxylation sites is 2. The van der Waals surface area contributed by atoms with Crippen LogP contribution in [0, 0.1) is 0 Å². The summed E-state index contributed by atoms with van der Waals surface area (Å²) in [7, 11) is 1.52. The van der Waals surface area contributed by atoms with E-state index in [0.29, 0.717) is 22.7 Å². The van der Waals surface area contributed by atoms with Crippen LogP contribution in [-0.4, -0.2) is 19.0 Å². The van der Waals surface area contributed by atoms with Crippen LogP contribution in [0.15, 0.2) is 48.5 Å². The van der Waals surface area contributed by atoms with Crippen LogP contribution in [0.1, 0.15) is 10.4 Å². The van der Waals surface area contributed by atoms with Crippen LogP contribution in [0.4, 0.5) is 16.2 Å². The lowest BCUT2D eigenvalue weighted by molar-refractivity contribution is 0.100. The molecular weight excluding hydrogens is 302 g/mol. The molecule has 0 aliphatic carbocycles. The number of anilines is 2. The molecule has 0 aromatic heterocycles. The lowest BCUT2D eigenvalue weighted by atomic mass is 10.2. The average Bonchev–Trinajstić information content (AvgIpc) is 2.54. The van der Waals surface area contributed by atoms with Gasteiger partial charge in [0.25, 0.3) is 0 Å². The van der Waals surface area contributed by atoms with E-state index in [2.05, 4.69) is 18.1 Å². The van der Waals surface area contributed by atoms with E-state index in [1.807, 2.05) is 0 Å². The number of nitrogens with zero attached hydrogens (tertiary/aromatic N) is 1. The zero-order chi connectivity index (χ0) is 16.1. The Morgan fingerprint density at radius 1 is 1.14 bits per heavy atom. The number of nitrogens with two attached hydrogens (primary N) is 1. The van der Waals surface area contributed by atoms with Crippen LogP contribution in [0.5, 0.6) is 5.75 Å². The second-order valence-corrected chi connectivity index (χ2v) is 4.75. The van der Waals surface area contributed by atoms with E-state index >= 15 is 0 Å². The lowest BCUT2D eigenvalue weighted by Crippen LogP contribution is -2.27. The normalized spacial score (nSPS) is 9.91. The molecule has 0 bridgehead atoms. The molecule has 0 radical (unpaired) electrons. The standard InChI is InChI=1S/C15H15N3O3S/c1-21-13-5-3-2-4-12(13)17-15(20)18(22)11-8-6-10(7-9-11)14(16)19/h2-9,22H,1H3,(H2,16,19)(H,17,20). The highest BCUT2D eigenvalue weighted by molar-refractivity contribution is 7.82. The van der Waals surface area contributed by atoms with E-state index in [9.17, 15) is 9.59 Å². The first kappa shape index (κ1) is 15.7. The van der Waals surface area contributed by atoms with Gasteiger partial charge >= 0.3 is 6.03 Å². The maximum absolute atomic E-state index is 12.2. The summed E-state index contributed by atoms with van der Waals surface area (Å²) in [4.78, 5) is 23.2. The van der Waals surface area contributed by atoms with E-state index in [1.165, 1.54) is 19.2 Å². The Morgan fingerprint density at radius 2 is 1.77 bits per heavy atom. The highest BCUT2D eigenvalue weighted by Gasteiger charge is 2.14. The van der Waals surface area contributed by atoms with E-state index in [0.717, 1.165) is 4.31 Å². The summed E-state index contributed by atoms with van der Waals surface area (Å²) in [6.45, 7) is 0. The Kier molecular flexibility index (Phi) is 4.90. The fraction of sp³-hybridized carbons (Fsp3) is 0.0667. The molecule has 7 heteroatoms. The molecule has 2 aromatic carbocycles. The molecule has 6 nitrogen and oxygen atoms in total. The molecule has 3 amide bonds. The van der Waals surface area contributed by atoms with Gasteiger partial charge in [0.15, 0.2) is 0 Å². The molecule has 0 heterocycles. The third-order valence-corrected chi connectivity index (χ3v) is 3.35. The largest absolute Gasteiger partial charge is 0.495 e. The molecule has 0 fully saturated rings. The number of primary amides is 1. The van der Waals surface area contributed by atoms with Gasteiger partial charge in [0.1, 0.15) is 5.75 Å². The van der Waals surface area contributed by atoms with Gasteiger partial charge in [0.2, 0.25) is 5.91 Å². The Bertz CT molecular complexity index is 689. The molecule has 0 atom stereocenters. The maximum atomic E-state index is 12.2. The number of ether oxygens (including phenoxy) is 1. The van der Waals surface area contributed by atoms with Crippen molar-refractivity contribution < 1.29 is 14.3 Å². The molecule has 0 aliphatic rings. The van der Waals surface area contributed by atoms with Gasteiger partial charge in [-0.1, -0.05) is 24.9 Å². The second kappa shape index (κ2) is 6.86. The zero-order valence-corrected chi connectivity index (χ0v) is 12.7. The zero-order valence-electron chi connectivity index (χ0n) is 11.8. The topological polar surface area (TPSA) is 84.7 Å². The number of rotatable bonds is 4. The number of hydrogen-bond donors (Lipinski definition) is 3. The van der Waals surface area contributed by atoms with Crippen molar-refractivity contribution in [2.75, 3.05) is 16.7 Å². The van der Waals surface area contributed by atoms with Crippen LogP contribution in [0.25, 0.3) is 0 Å². The van der Waals surface area contributed by atoms with E-state index in [4.69, 9.17) is 10.5 Å². The molecule has 0 saturated carbocycles. The summed E-state index contributed by atoms with van der Waals surface area (Å²) in [6, 6.07) is 12.8. The molecule has 2 rings (SSSR count). The van der Waals surface area contributed by atoms with Crippen molar-refractivity contribution in [3.05, 3.63) is 54.1 Å². The fourth-order valence-electron chi connectivity index (χ4n) is 1.80. The van der Waals surface area contributed by atoms with Gasteiger partial charge < -0.3 is 15.8 Å². The Hall–Kier alpha value is -2.67. The molecule has 0 spiro atoms. The quantitative estimate of drug-likeness (QED) is 0.758. The van der Waals surface area contributed by atoms with Gasteiger partial charge in [-0.25, -0.2) is 9.10 Å². The predicted molar refractivity (Wildman–Crippen MR) is 88.4 cm³/mol. The van der Waals surface area contributed by atoms with Crippen molar-refractivity contribution >= 4 is 36.1 Å². The smallest absolute Gasteiger partial charge is 0.336 e. The van der Waals surface area contributed by atoms with Gasteiger partial charge in [0.05, 0.1) is 18.5 Å². The van der Waals surface area contributed by atoms with Crippen LogP contribution >= 0.6 is 12.8 Å². The summed E-state index contributed by atoms with van der Waals surface area (Å²) >= 11 is 4.16. The number of thiol groups is 1. The third-order valence-electron chi connectivity index (χ3n) is 2.94. The molecule has 22 heavy (non-hydrogen) atoms. The first-order valence-electron chi connectivity index (χ1n) is 6.36. The van der Waals surface area contributed by atoms with Gasteiger partial charge in [0, 0.05) is 5.56 Å². The number of nitrogens with one attached hydrogen (secondary N) is 1. The van der Waals surface area contributed by atoms with Gasteiger partial charge in [-0.3, -0.25) is 4.79 Å². The molecule has 0 aliphatic heterocycles. The van der Waals surface area contributed by atoms with Crippen molar-refractivity contribution in [3.8, 4) is 5.75 Å². The van der Waals surface area contributed by atoms with Crippen LogP contribution in [-0.2, 0) is 0 Å². The van der Waals surface area contributed by atoms with Crippen LogP contribution in [0.3, 0.4) is 0 Å². The highest BCUT2D eigenvalue weighted by Crippen LogP contribution is 2.25. The van der Waals surface area contributed by atoms with Gasteiger partial charge in [-0.2, -0.15) is 0 Å². The summed E-state index contributed by atoms with van der Waals surface area (Å²) in [5, 5.41) is 2.69.